The van der Waals surface area contributed by atoms with E-state index in [4.69, 9.17) is 4.74 Å². The molecule has 0 atom stereocenters. The number of aromatic nitrogens is 4. The van der Waals surface area contributed by atoms with E-state index in [1.54, 1.807) is 24.1 Å². The van der Waals surface area contributed by atoms with Crippen molar-refractivity contribution in [3.63, 3.8) is 0 Å². The normalized spacial score (nSPS) is 19.7. The third-order valence-corrected chi connectivity index (χ3v) is 7.00. The van der Waals surface area contributed by atoms with Gasteiger partial charge in [-0.1, -0.05) is 12.1 Å². The van der Waals surface area contributed by atoms with Crippen molar-refractivity contribution in [2.75, 3.05) is 17.3 Å². The van der Waals surface area contributed by atoms with Crippen molar-refractivity contribution < 1.29 is 9.53 Å². The third kappa shape index (κ3) is 3.60. The fourth-order valence-electron chi connectivity index (χ4n) is 5.11. The van der Waals surface area contributed by atoms with Gasteiger partial charge in [0.05, 0.1) is 35.7 Å². The number of nitrogens with zero attached hydrogens (tertiary/aromatic N) is 5. The molecule has 0 unspecified atom stereocenters. The molecule has 8 nitrogen and oxygen atoms in total. The van der Waals surface area contributed by atoms with Crippen molar-refractivity contribution in [1.82, 2.24) is 19.8 Å². The van der Waals surface area contributed by atoms with E-state index in [0.29, 0.717) is 6.54 Å². The van der Waals surface area contributed by atoms with Gasteiger partial charge in [0, 0.05) is 36.5 Å². The van der Waals surface area contributed by atoms with Gasteiger partial charge in [-0.2, -0.15) is 14.8 Å². The van der Waals surface area contributed by atoms with Gasteiger partial charge in [0.25, 0.3) is 0 Å². The zero-order valence-electron chi connectivity index (χ0n) is 19.0. The van der Waals surface area contributed by atoms with Crippen LogP contribution in [0.25, 0.3) is 16.6 Å². The molecular weight excluding hydrogens is 428 g/mol. The summed E-state index contributed by atoms with van der Waals surface area (Å²) in [5, 5.41) is 12.1. The van der Waals surface area contributed by atoms with Gasteiger partial charge in [-0.3, -0.25) is 4.79 Å². The number of amides is 1. The lowest BCUT2D eigenvalue weighted by molar-refractivity contribution is -0.124. The fourth-order valence-corrected chi connectivity index (χ4v) is 5.11. The Hall–Kier alpha value is -3.78. The van der Waals surface area contributed by atoms with E-state index in [1.807, 2.05) is 41.4 Å². The predicted octanol–water partition coefficient (Wildman–Crippen LogP) is 4.59. The Morgan fingerprint density at radius 2 is 1.91 bits per heavy atom. The minimum absolute atomic E-state index is 0.0118. The zero-order valence-corrected chi connectivity index (χ0v) is 19.0. The number of nitrogens with one attached hydrogen (secondary N) is 1. The average molecular weight is 455 g/mol. The molecule has 1 aromatic carbocycles. The second-order valence-corrected chi connectivity index (χ2v) is 8.96. The number of hydrogen-bond donors (Lipinski definition) is 1. The first kappa shape index (κ1) is 20.8. The van der Waals surface area contributed by atoms with Crippen molar-refractivity contribution in [2.45, 2.75) is 38.3 Å². The molecule has 0 bridgehead atoms. The number of hydrogen-bond acceptors (Lipinski definition) is 6. The molecular formula is C26H26N6O2. The first-order valence-electron chi connectivity index (χ1n) is 11.7. The number of ether oxygens (including phenoxy) is 1. The first-order valence-corrected chi connectivity index (χ1v) is 11.7. The molecule has 3 aromatic heterocycles. The van der Waals surface area contributed by atoms with Gasteiger partial charge in [0.2, 0.25) is 5.91 Å². The highest BCUT2D eigenvalue weighted by atomic mass is 16.5. The van der Waals surface area contributed by atoms with Gasteiger partial charge >= 0.3 is 0 Å². The Kier molecular flexibility index (Phi) is 5.22. The third-order valence-electron chi connectivity index (χ3n) is 7.00. The van der Waals surface area contributed by atoms with Crippen molar-refractivity contribution in [2.24, 2.45) is 5.92 Å². The number of benzene rings is 1. The first-order chi connectivity index (χ1) is 16.7. The minimum atomic E-state index is -0.0118. The van der Waals surface area contributed by atoms with Crippen LogP contribution in [0.15, 0.2) is 61.1 Å². The van der Waals surface area contributed by atoms with Crippen LogP contribution in [-0.4, -0.2) is 38.9 Å². The summed E-state index contributed by atoms with van der Waals surface area (Å²) >= 11 is 0. The summed E-state index contributed by atoms with van der Waals surface area (Å²) in [4.78, 5) is 20.4. The van der Waals surface area contributed by atoms with Crippen molar-refractivity contribution >= 4 is 28.6 Å². The summed E-state index contributed by atoms with van der Waals surface area (Å²) in [5.74, 6) is 0.936. The summed E-state index contributed by atoms with van der Waals surface area (Å²) < 4.78 is 7.14. The molecule has 4 heterocycles. The highest BCUT2D eigenvalue weighted by molar-refractivity contribution is 6.01. The van der Waals surface area contributed by atoms with Crippen LogP contribution >= 0.6 is 0 Å². The smallest absolute Gasteiger partial charge is 0.230 e. The maximum absolute atomic E-state index is 13.9. The molecule has 1 amide bonds. The molecule has 6 rings (SSSR count). The average Bonchev–Trinajstić information content (AvgIpc) is 3.25. The maximum atomic E-state index is 13.9. The number of methoxy groups -OCH3 is 1. The Morgan fingerprint density at radius 3 is 2.76 bits per heavy atom. The van der Waals surface area contributed by atoms with Crippen LogP contribution in [0, 0.1) is 5.92 Å². The standard InChI is InChI=1S/C26H26N6O2/c1-34-20-9-6-17(7-10-20)26(33)31-16-19-4-2-12-27-25(19)30-22-11-8-18(14-24(22)31)21-15-29-32-23(21)5-3-13-28-32/h2-5,8,11-15,17,20H,6-7,9-10,16H2,1H3,(H,27,30). The highest BCUT2D eigenvalue weighted by Crippen LogP contribution is 2.40. The molecule has 0 spiro atoms. The van der Waals surface area contributed by atoms with Crippen molar-refractivity contribution in [3.8, 4) is 11.1 Å². The van der Waals surface area contributed by atoms with E-state index in [0.717, 1.165) is 65.1 Å². The lowest BCUT2D eigenvalue weighted by atomic mass is 9.86. The molecule has 1 saturated carbocycles. The summed E-state index contributed by atoms with van der Waals surface area (Å²) in [6.45, 7) is 0.478. The van der Waals surface area contributed by atoms with Crippen molar-refractivity contribution in [1.29, 1.82) is 0 Å². The van der Waals surface area contributed by atoms with Crippen LogP contribution in [0.1, 0.15) is 31.2 Å². The van der Waals surface area contributed by atoms with Crippen molar-refractivity contribution in [3.05, 3.63) is 66.6 Å². The van der Waals surface area contributed by atoms with Gasteiger partial charge < -0.3 is 15.0 Å². The number of anilines is 3. The minimum Gasteiger partial charge on any atom is -0.381 e. The molecule has 1 fully saturated rings. The molecule has 4 aromatic rings. The maximum Gasteiger partial charge on any atom is 0.230 e. The van der Waals surface area contributed by atoms with E-state index in [9.17, 15) is 4.79 Å². The lowest BCUT2D eigenvalue weighted by Gasteiger charge is -2.32. The lowest BCUT2D eigenvalue weighted by Crippen LogP contribution is -2.38. The zero-order chi connectivity index (χ0) is 23.1. The Bertz CT molecular complexity index is 1360. The van der Waals surface area contributed by atoms with Gasteiger partial charge in [0.15, 0.2) is 0 Å². The summed E-state index contributed by atoms with van der Waals surface area (Å²) in [6, 6.07) is 14.0. The second-order valence-electron chi connectivity index (χ2n) is 8.96. The Morgan fingerprint density at radius 1 is 1.06 bits per heavy atom. The Labute approximate surface area is 197 Å². The highest BCUT2D eigenvalue weighted by Gasteiger charge is 2.33. The van der Waals surface area contributed by atoms with Crippen LogP contribution in [0.4, 0.5) is 17.2 Å². The van der Waals surface area contributed by atoms with Gasteiger partial charge in [-0.15, -0.1) is 0 Å². The number of fused-ring (bicyclic) bond motifs is 3. The van der Waals surface area contributed by atoms with Crippen LogP contribution < -0.4 is 10.2 Å². The van der Waals surface area contributed by atoms with E-state index in [1.165, 1.54) is 0 Å². The molecule has 172 valence electrons. The fraction of sp³-hybridized carbons (Fsp3) is 0.308. The SMILES string of the molecule is COC1CCC(C(=O)N2Cc3cccnc3Nc3ccc(-c4cnn5ncccc45)cc32)CC1. The molecule has 1 aliphatic carbocycles. The molecule has 1 N–H and O–H groups in total. The molecule has 0 saturated heterocycles. The summed E-state index contributed by atoms with van der Waals surface area (Å²) in [5.41, 5.74) is 5.61. The van der Waals surface area contributed by atoms with Gasteiger partial charge in [-0.25, -0.2) is 4.98 Å². The second kappa shape index (κ2) is 8.53. The molecule has 1 aliphatic heterocycles. The van der Waals surface area contributed by atoms with E-state index in [-0.39, 0.29) is 17.9 Å². The topological polar surface area (TPSA) is 84.6 Å². The van der Waals surface area contributed by atoms with E-state index in [2.05, 4.69) is 32.6 Å². The molecule has 8 heteroatoms. The largest absolute Gasteiger partial charge is 0.381 e. The van der Waals surface area contributed by atoms with E-state index < -0.39 is 0 Å². The van der Waals surface area contributed by atoms with E-state index >= 15 is 0 Å². The predicted molar refractivity (Wildman–Crippen MR) is 130 cm³/mol. The number of rotatable bonds is 3. The van der Waals surface area contributed by atoms with Gasteiger partial charge in [0.1, 0.15) is 5.82 Å². The summed E-state index contributed by atoms with van der Waals surface area (Å²) in [7, 11) is 1.75. The quantitative estimate of drug-likeness (QED) is 0.488. The number of carbonyl (C=O) groups excluding carboxylic acids is 1. The number of pyridine rings is 1. The number of carbonyl (C=O) groups is 1. The van der Waals surface area contributed by atoms with Gasteiger partial charge in [-0.05, 0) is 61.6 Å². The van der Waals surface area contributed by atoms with Crippen LogP contribution in [0.3, 0.4) is 0 Å². The Balaban J connectivity index is 1.42. The summed E-state index contributed by atoms with van der Waals surface area (Å²) in [6.07, 6.45) is 9.08. The molecule has 34 heavy (non-hydrogen) atoms. The van der Waals surface area contributed by atoms with Crippen LogP contribution in [0.5, 0.6) is 0 Å². The molecule has 0 radical (unpaired) electrons. The van der Waals surface area contributed by atoms with Crippen LogP contribution in [-0.2, 0) is 16.1 Å². The molecule has 2 aliphatic rings. The van der Waals surface area contributed by atoms with Crippen LogP contribution in [0.2, 0.25) is 0 Å². The monoisotopic (exact) mass is 454 g/mol.